The van der Waals surface area contributed by atoms with Crippen LogP contribution in [0.1, 0.15) is 56.4 Å². The summed E-state index contributed by atoms with van der Waals surface area (Å²) >= 11 is 0. The van der Waals surface area contributed by atoms with Crippen LogP contribution >= 0.6 is 0 Å². The number of hydrogen-bond acceptors (Lipinski definition) is 4. The monoisotopic (exact) mass is 429 g/mol. The van der Waals surface area contributed by atoms with Crippen molar-refractivity contribution < 1.29 is 14.3 Å². The second kappa shape index (κ2) is 9.64. The molecule has 1 aliphatic carbocycles. The van der Waals surface area contributed by atoms with E-state index in [4.69, 9.17) is 10.5 Å². The maximum Gasteiger partial charge on any atom is 0.267 e. The van der Waals surface area contributed by atoms with Crippen molar-refractivity contribution in [1.82, 2.24) is 10.3 Å². The van der Waals surface area contributed by atoms with Crippen LogP contribution in [-0.2, 0) is 25.9 Å². The Balaban J connectivity index is 1.38. The van der Waals surface area contributed by atoms with Crippen molar-refractivity contribution in [2.75, 3.05) is 0 Å². The molecule has 6 nitrogen and oxygen atoms in total. The van der Waals surface area contributed by atoms with Gasteiger partial charge < -0.3 is 15.8 Å². The Morgan fingerprint density at radius 1 is 1.06 bits per heavy atom. The lowest BCUT2D eigenvalue weighted by Crippen LogP contribution is -2.38. The van der Waals surface area contributed by atoms with E-state index in [1.165, 1.54) is 16.7 Å². The average Bonchev–Trinajstić information content (AvgIpc) is 2.82. The summed E-state index contributed by atoms with van der Waals surface area (Å²) in [5.41, 5.74) is 10.7. The van der Waals surface area contributed by atoms with Crippen LogP contribution in [0.2, 0.25) is 0 Å². The molecule has 1 unspecified atom stereocenters. The third-order valence-corrected chi connectivity index (χ3v) is 5.85. The zero-order valence-corrected chi connectivity index (χ0v) is 18.1. The highest BCUT2D eigenvalue weighted by Crippen LogP contribution is 2.26. The van der Waals surface area contributed by atoms with Crippen molar-refractivity contribution in [3.8, 4) is 5.75 Å². The lowest BCUT2D eigenvalue weighted by atomic mass is 9.88. The van der Waals surface area contributed by atoms with Crippen LogP contribution in [0.15, 0.2) is 60.8 Å². The zero-order chi connectivity index (χ0) is 22.5. The van der Waals surface area contributed by atoms with Gasteiger partial charge in [0.05, 0.1) is 0 Å². The molecule has 1 aromatic heterocycles. The molecule has 1 atom stereocenters. The fraction of sp³-hybridized carbons (Fsp3) is 0.269. The minimum Gasteiger partial charge on any atom is -0.489 e. The maximum absolute atomic E-state index is 12.7. The number of nitrogens with one attached hydrogen (secondary N) is 1. The molecule has 0 radical (unpaired) electrons. The molecular weight excluding hydrogens is 402 g/mol. The molecule has 0 bridgehead atoms. The van der Waals surface area contributed by atoms with Crippen molar-refractivity contribution in [2.45, 2.75) is 45.3 Å². The molecule has 0 aliphatic heterocycles. The highest BCUT2D eigenvalue weighted by atomic mass is 16.5. The SMILES string of the molecule is CCc1ccc(C(=O)NC2CCc3ccc(OCc4ccnc(C(N)=O)c4)cc3C2)cc1. The first-order valence-corrected chi connectivity index (χ1v) is 10.9. The highest BCUT2D eigenvalue weighted by molar-refractivity contribution is 5.94. The number of hydrogen-bond donors (Lipinski definition) is 2. The molecule has 2 amide bonds. The van der Waals surface area contributed by atoms with Gasteiger partial charge in [0, 0.05) is 17.8 Å². The van der Waals surface area contributed by atoms with E-state index in [0.29, 0.717) is 12.2 Å². The van der Waals surface area contributed by atoms with Gasteiger partial charge in [-0.25, -0.2) is 0 Å². The number of rotatable bonds is 7. The fourth-order valence-corrected chi connectivity index (χ4v) is 3.97. The maximum atomic E-state index is 12.7. The first-order valence-electron chi connectivity index (χ1n) is 10.9. The van der Waals surface area contributed by atoms with E-state index in [9.17, 15) is 9.59 Å². The highest BCUT2D eigenvalue weighted by Gasteiger charge is 2.21. The Morgan fingerprint density at radius 2 is 1.88 bits per heavy atom. The number of carbonyl (C=O) groups is 2. The molecule has 2 aromatic carbocycles. The molecule has 3 N–H and O–H groups in total. The molecule has 32 heavy (non-hydrogen) atoms. The van der Waals surface area contributed by atoms with E-state index in [0.717, 1.165) is 37.0 Å². The molecule has 0 fully saturated rings. The van der Waals surface area contributed by atoms with Crippen LogP contribution in [0.4, 0.5) is 0 Å². The average molecular weight is 430 g/mol. The third-order valence-electron chi connectivity index (χ3n) is 5.85. The Kier molecular flexibility index (Phi) is 6.50. The fourth-order valence-electron chi connectivity index (χ4n) is 3.97. The second-order valence-electron chi connectivity index (χ2n) is 8.10. The van der Waals surface area contributed by atoms with Gasteiger partial charge in [-0.1, -0.05) is 25.1 Å². The number of pyridine rings is 1. The smallest absolute Gasteiger partial charge is 0.267 e. The van der Waals surface area contributed by atoms with Crippen LogP contribution in [0, 0.1) is 0 Å². The summed E-state index contributed by atoms with van der Waals surface area (Å²) < 4.78 is 5.93. The first-order chi connectivity index (χ1) is 15.5. The number of amides is 2. The first kappa shape index (κ1) is 21.6. The molecule has 164 valence electrons. The number of nitrogens with two attached hydrogens (primary N) is 1. The number of primary amides is 1. The Morgan fingerprint density at radius 3 is 2.62 bits per heavy atom. The number of carbonyl (C=O) groups excluding carboxylic acids is 2. The normalized spacial score (nSPS) is 15.0. The van der Waals surface area contributed by atoms with Crippen LogP contribution in [0.3, 0.4) is 0 Å². The number of nitrogens with zero attached hydrogens (tertiary/aromatic N) is 1. The van der Waals surface area contributed by atoms with Gasteiger partial charge in [0.1, 0.15) is 18.1 Å². The minimum atomic E-state index is -0.560. The van der Waals surface area contributed by atoms with E-state index in [1.807, 2.05) is 36.4 Å². The molecule has 6 heteroatoms. The second-order valence-corrected chi connectivity index (χ2v) is 8.10. The van der Waals surface area contributed by atoms with Gasteiger partial charge in [0.2, 0.25) is 0 Å². The van der Waals surface area contributed by atoms with Crippen molar-refractivity contribution in [2.24, 2.45) is 5.73 Å². The summed E-state index contributed by atoms with van der Waals surface area (Å²) in [5, 5.41) is 3.18. The molecule has 3 aromatic rings. The zero-order valence-electron chi connectivity index (χ0n) is 18.1. The summed E-state index contributed by atoms with van der Waals surface area (Å²) in [6.07, 6.45) is 5.11. The summed E-state index contributed by atoms with van der Waals surface area (Å²) in [6.45, 7) is 2.41. The van der Waals surface area contributed by atoms with Gasteiger partial charge in [0.25, 0.3) is 11.8 Å². The molecular formula is C26H27N3O3. The van der Waals surface area contributed by atoms with Gasteiger partial charge in [-0.2, -0.15) is 0 Å². The van der Waals surface area contributed by atoms with Crippen LogP contribution in [-0.4, -0.2) is 22.8 Å². The topological polar surface area (TPSA) is 94.3 Å². The van der Waals surface area contributed by atoms with Crippen LogP contribution < -0.4 is 15.8 Å². The van der Waals surface area contributed by atoms with Gasteiger partial charge in [-0.15, -0.1) is 0 Å². The number of aryl methyl sites for hydroxylation is 2. The molecule has 0 spiro atoms. The standard InChI is InChI=1S/C26H27N3O3/c1-2-17-3-5-20(6-4-17)26(31)29-22-9-7-19-8-10-23(15-21(19)14-22)32-16-18-11-12-28-24(13-18)25(27)30/h3-6,8,10-13,15,22H,2,7,9,14,16H2,1H3,(H2,27,30)(H,29,31). The van der Waals surface area contributed by atoms with Crippen molar-refractivity contribution in [3.63, 3.8) is 0 Å². The van der Waals surface area contributed by atoms with Gasteiger partial charge in [-0.05, 0) is 84.3 Å². The van der Waals surface area contributed by atoms with Crippen LogP contribution in [0.25, 0.3) is 0 Å². The molecule has 0 saturated heterocycles. The minimum absolute atomic E-state index is 0.0311. The molecule has 4 rings (SSSR count). The Hall–Kier alpha value is -3.67. The van der Waals surface area contributed by atoms with Gasteiger partial charge in [0.15, 0.2) is 0 Å². The summed E-state index contributed by atoms with van der Waals surface area (Å²) in [6, 6.07) is 17.4. The number of ether oxygens (including phenoxy) is 1. The number of fused-ring (bicyclic) bond motifs is 1. The van der Waals surface area contributed by atoms with Crippen LogP contribution in [0.5, 0.6) is 5.75 Å². The van der Waals surface area contributed by atoms with Crippen molar-refractivity contribution in [1.29, 1.82) is 0 Å². The largest absolute Gasteiger partial charge is 0.489 e. The van der Waals surface area contributed by atoms with E-state index in [1.54, 1.807) is 18.3 Å². The van der Waals surface area contributed by atoms with Gasteiger partial charge in [-0.3, -0.25) is 14.6 Å². The quantitative estimate of drug-likeness (QED) is 0.600. The van der Waals surface area contributed by atoms with Gasteiger partial charge >= 0.3 is 0 Å². The summed E-state index contributed by atoms with van der Waals surface area (Å²) in [4.78, 5) is 27.9. The van der Waals surface area contributed by atoms with Crippen molar-refractivity contribution in [3.05, 3.63) is 94.3 Å². The summed E-state index contributed by atoms with van der Waals surface area (Å²) in [7, 11) is 0. The predicted octanol–water partition coefficient (Wildman–Crippen LogP) is 3.61. The van der Waals surface area contributed by atoms with E-state index < -0.39 is 5.91 Å². The van der Waals surface area contributed by atoms with Crippen molar-refractivity contribution >= 4 is 11.8 Å². The lowest BCUT2D eigenvalue weighted by Gasteiger charge is -2.26. The predicted molar refractivity (Wildman–Crippen MR) is 123 cm³/mol. The Labute approximate surface area is 187 Å². The Bertz CT molecular complexity index is 1130. The molecule has 1 heterocycles. The number of benzene rings is 2. The molecule has 0 saturated carbocycles. The lowest BCUT2D eigenvalue weighted by molar-refractivity contribution is 0.0932. The number of aromatic nitrogens is 1. The van der Waals surface area contributed by atoms with E-state index in [2.05, 4.69) is 23.3 Å². The van der Waals surface area contributed by atoms with E-state index in [-0.39, 0.29) is 17.6 Å². The molecule has 1 aliphatic rings. The summed E-state index contributed by atoms with van der Waals surface area (Å²) in [5.74, 6) is 0.162. The van der Waals surface area contributed by atoms with E-state index >= 15 is 0 Å². The third kappa shape index (κ3) is 5.14.